The Labute approximate surface area is 101 Å². The summed E-state index contributed by atoms with van der Waals surface area (Å²) in [4.78, 5) is 0. The minimum absolute atomic E-state index is 0. The van der Waals surface area contributed by atoms with Gasteiger partial charge in [0, 0.05) is 0 Å². The summed E-state index contributed by atoms with van der Waals surface area (Å²) in [7, 11) is 0. The van der Waals surface area contributed by atoms with E-state index in [1.807, 2.05) is 0 Å². The van der Waals surface area contributed by atoms with E-state index >= 15 is 0 Å². The molecular weight excluding hydrogens is 244 g/mol. The Morgan fingerprint density at radius 1 is 0.643 bits per heavy atom. The highest BCUT2D eigenvalue weighted by Crippen LogP contribution is 2.19. The van der Waals surface area contributed by atoms with E-state index in [2.05, 4.69) is 24.3 Å². The summed E-state index contributed by atoms with van der Waals surface area (Å²) in [6, 6.07) is 8.80. The second-order valence-corrected chi connectivity index (χ2v) is 2.98. The van der Waals surface area contributed by atoms with Gasteiger partial charge in [-0.05, 0) is 36.8 Å². The lowest BCUT2D eigenvalue weighted by Crippen LogP contribution is -2.00. The van der Waals surface area contributed by atoms with Gasteiger partial charge in [0.1, 0.15) is 0 Å². The Kier molecular flexibility index (Phi) is 15.2. The molecule has 0 saturated heterocycles. The lowest BCUT2D eigenvalue weighted by Gasteiger charge is -2.13. The van der Waals surface area contributed by atoms with Gasteiger partial charge in [-0.3, -0.25) is 0 Å². The molecule has 4 unspecified atom stereocenters. The third-order valence-corrected chi connectivity index (χ3v) is 2.26. The van der Waals surface area contributed by atoms with E-state index in [4.69, 9.17) is 0 Å². The number of aryl methyl sites for hydroxylation is 2. The molecule has 2 rings (SSSR count). The average Bonchev–Trinajstić information content (AvgIpc) is 2.05. The molecule has 4 atom stereocenters. The van der Waals surface area contributed by atoms with Crippen LogP contribution in [0, 0.1) is 0 Å². The molecule has 0 heterocycles. The van der Waals surface area contributed by atoms with Gasteiger partial charge < -0.3 is 0 Å². The first kappa shape index (κ1) is 20.4. The quantitative estimate of drug-likeness (QED) is 0.635. The highest BCUT2D eigenvalue weighted by molar-refractivity contribution is 6.92. The Morgan fingerprint density at radius 3 is 1.36 bits per heavy atom. The van der Waals surface area contributed by atoms with Gasteiger partial charge >= 0.3 is 0 Å². The first-order chi connectivity index (χ1) is 4.97. The molecule has 0 spiro atoms. The van der Waals surface area contributed by atoms with Crippen LogP contribution >= 0.6 is 39.6 Å². The van der Waals surface area contributed by atoms with Crippen molar-refractivity contribution in [2.75, 3.05) is 0 Å². The maximum Gasteiger partial charge on any atom is -0.0276 e. The van der Waals surface area contributed by atoms with Crippen molar-refractivity contribution in [2.45, 2.75) is 25.7 Å². The van der Waals surface area contributed by atoms with Crippen molar-refractivity contribution < 1.29 is 0 Å². The molecule has 1 aliphatic carbocycles. The van der Waals surface area contributed by atoms with Crippen LogP contribution in [0.5, 0.6) is 0 Å². The third kappa shape index (κ3) is 5.14. The van der Waals surface area contributed by atoms with Gasteiger partial charge in [0.25, 0.3) is 0 Å². The van der Waals surface area contributed by atoms with Crippen molar-refractivity contribution in [3.8, 4) is 0 Å². The smallest absolute Gasteiger partial charge is 0.0276 e. The van der Waals surface area contributed by atoms with E-state index in [0.717, 1.165) is 0 Å². The van der Waals surface area contributed by atoms with Crippen LogP contribution in [0.1, 0.15) is 24.0 Å². The standard InChI is InChI=1S/C10H12.4H3P/c1-2-6-10-8-4-3-7-9(10)5-1;;;;/h1-2,5-6H,3-4,7-8H2;4*1H3. The molecule has 14 heavy (non-hydrogen) atoms. The van der Waals surface area contributed by atoms with Gasteiger partial charge in [-0.15, -0.1) is 0 Å². The van der Waals surface area contributed by atoms with E-state index in [9.17, 15) is 0 Å². The van der Waals surface area contributed by atoms with E-state index in [1.165, 1.54) is 25.7 Å². The van der Waals surface area contributed by atoms with Crippen LogP contribution in [-0.4, -0.2) is 0 Å². The van der Waals surface area contributed by atoms with Crippen molar-refractivity contribution in [2.24, 2.45) is 0 Å². The van der Waals surface area contributed by atoms with Crippen LogP contribution in [0.25, 0.3) is 0 Å². The lowest BCUT2D eigenvalue weighted by molar-refractivity contribution is 0.685. The Morgan fingerprint density at radius 2 is 1.00 bits per heavy atom. The third-order valence-electron chi connectivity index (χ3n) is 2.26. The second kappa shape index (κ2) is 10.5. The van der Waals surface area contributed by atoms with Crippen molar-refractivity contribution in [1.29, 1.82) is 0 Å². The van der Waals surface area contributed by atoms with E-state index < -0.39 is 0 Å². The van der Waals surface area contributed by atoms with Gasteiger partial charge in [-0.1, -0.05) is 24.3 Å². The molecule has 0 bridgehead atoms. The highest BCUT2D eigenvalue weighted by atomic mass is 31.0. The number of hydrogen-bond donors (Lipinski definition) is 0. The molecule has 1 aliphatic rings. The summed E-state index contributed by atoms with van der Waals surface area (Å²) in [6.45, 7) is 0. The molecule has 0 aromatic heterocycles. The molecule has 4 heteroatoms. The largest absolute Gasteiger partial charge is 0.153 e. The molecule has 0 nitrogen and oxygen atoms in total. The fourth-order valence-electron chi connectivity index (χ4n) is 1.68. The second-order valence-electron chi connectivity index (χ2n) is 2.98. The monoisotopic (exact) mass is 268 g/mol. The SMILES string of the molecule is P.P.P.P.c1ccc2c(c1)CCCC2. The molecule has 1 aromatic rings. The normalized spacial score (nSPS) is 11.7. The summed E-state index contributed by atoms with van der Waals surface area (Å²) in [5, 5.41) is 0. The lowest BCUT2D eigenvalue weighted by atomic mass is 9.92. The summed E-state index contributed by atoms with van der Waals surface area (Å²) in [5.41, 5.74) is 3.16. The van der Waals surface area contributed by atoms with E-state index in [1.54, 1.807) is 11.1 Å². The molecule has 1 aromatic carbocycles. The van der Waals surface area contributed by atoms with Crippen LogP contribution in [0.15, 0.2) is 24.3 Å². The molecule has 0 radical (unpaired) electrons. The van der Waals surface area contributed by atoms with Crippen molar-refractivity contribution in [3.05, 3.63) is 35.4 Å². The van der Waals surface area contributed by atoms with Gasteiger partial charge in [0.15, 0.2) is 0 Å². The van der Waals surface area contributed by atoms with Crippen LogP contribution in [0.4, 0.5) is 0 Å². The summed E-state index contributed by atoms with van der Waals surface area (Å²) in [6.07, 6.45) is 5.38. The minimum Gasteiger partial charge on any atom is -0.153 e. The molecule has 0 amide bonds. The zero-order valence-electron chi connectivity index (χ0n) is 8.97. The Bertz CT molecular complexity index is 212. The fourth-order valence-corrected chi connectivity index (χ4v) is 1.68. The first-order valence-corrected chi connectivity index (χ1v) is 4.03. The Hall–Kier alpha value is 0.940. The average molecular weight is 268 g/mol. The van der Waals surface area contributed by atoms with Gasteiger partial charge in [0.05, 0.1) is 0 Å². The fraction of sp³-hybridized carbons (Fsp3) is 0.400. The molecule has 0 saturated carbocycles. The maximum absolute atomic E-state index is 2.26. The topological polar surface area (TPSA) is 0 Å². The van der Waals surface area contributed by atoms with Crippen LogP contribution < -0.4 is 0 Å². The van der Waals surface area contributed by atoms with Gasteiger partial charge in [-0.2, -0.15) is 39.6 Å². The summed E-state index contributed by atoms with van der Waals surface area (Å²) < 4.78 is 0. The Balaban J connectivity index is -0.000000302. The molecule has 0 N–H and O–H groups in total. The predicted molar refractivity (Wildman–Crippen MR) is 87.5 cm³/mol. The van der Waals surface area contributed by atoms with Gasteiger partial charge in [0.2, 0.25) is 0 Å². The number of rotatable bonds is 0. The van der Waals surface area contributed by atoms with E-state index in [-0.39, 0.29) is 39.6 Å². The zero-order valence-corrected chi connectivity index (χ0v) is 14.6. The first-order valence-electron chi connectivity index (χ1n) is 4.03. The van der Waals surface area contributed by atoms with Crippen molar-refractivity contribution >= 4 is 39.6 Å². The van der Waals surface area contributed by atoms with Crippen LogP contribution in [-0.2, 0) is 12.8 Å². The molecule has 84 valence electrons. The minimum atomic E-state index is 0. The van der Waals surface area contributed by atoms with Crippen LogP contribution in [0.2, 0.25) is 0 Å². The van der Waals surface area contributed by atoms with Crippen molar-refractivity contribution in [1.82, 2.24) is 0 Å². The number of fused-ring (bicyclic) bond motifs is 1. The molecule has 0 fully saturated rings. The predicted octanol–water partition coefficient (Wildman–Crippen LogP) is 2.80. The van der Waals surface area contributed by atoms with E-state index in [0.29, 0.717) is 0 Å². The number of hydrogen-bond acceptors (Lipinski definition) is 0. The molecule has 0 aliphatic heterocycles. The van der Waals surface area contributed by atoms with Crippen LogP contribution in [0.3, 0.4) is 0 Å². The summed E-state index contributed by atoms with van der Waals surface area (Å²) in [5.74, 6) is 0. The van der Waals surface area contributed by atoms with Gasteiger partial charge in [-0.25, -0.2) is 0 Å². The highest BCUT2D eigenvalue weighted by Gasteiger charge is 2.05. The maximum atomic E-state index is 2.26. The van der Waals surface area contributed by atoms with Crippen molar-refractivity contribution in [3.63, 3.8) is 0 Å². The molecular formula is C10H24P4. The zero-order chi connectivity index (χ0) is 6.81. The summed E-state index contributed by atoms with van der Waals surface area (Å²) >= 11 is 0. The number of benzene rings is 1.